The lowest BCUT2D eigenvalue weighted by Gasteiger charge is -2.29. The Morgan fingerprint density at radius 3 is 2.59 bits per heavy atom. The Balaban J connectivity index is 1.40. The fourth-order valence-electron chi connectivity index (χ4n) is 5.26. The molecule has 1 aromatic heterocycles. The number of aryl methyl sites for hydroxylation is 2. The van der Waals surface area contributed by atoms with Gasteiger partial charge in [-0.3, -0.25) is 9.78 Å². The average molecular weight is 460 g/mol. The first-order valence-electron chi connectivity index (χ1n) is 12.0. The highest BCUT2D eigenvalue weighted by molar-refractivity contribution is 5.73. The third kappa shape index (κ3) is 4.44. The number of hydrogen-bond acceptors (Lipinski definition) is 4. The van der Waals surface area contributed by atoms with E-state index in [9.17, 15) is 4.79 Å². The molecule has 1 aliphatic heterocycles. The van der Waals surface area contributed by atoms with Crippen LogP contribution in [0.25, 0.3) is 11.1 Å². The van der Waals surface area contributed by atoms with E-state index in [1.54, 1.807) is 12.3 Å². The van der Waals surface area contributed by atoms with Crippen LogP contribution in [0.15, 0.2) is 54.7 Å². The number of aromatic nitrogens is 1. The lowest BCUT2D eigenvalue weighted by molar-refractivity contribution is -0.145. The third-order valence-electron chi connectivity index (χ3n) is 7.24. The minimum Gasteiger partial charge on any atom is -0.485 e. The Morgan fingerprint density at radius 2 is 1.88 bits per heavy atom. The van der Waals surface area contributed by atoms with Gasteiger partial charge in [0.05, 0.1) is 13.0 Å². The standard InChI is InChI=1S/C29H30FNO3/c1-17-14-22(12-13-31-17)21-8-10-24(25(30)15-21)26-11-9-19-4-7-23(16-27(19)34-26)28(20-5-6-20)18(2)29(32)33-3/h4,7-8,10,12-16,18,20,26,28H,5-6,9,11H2,1-3H3/t18-,26?,28-/m0/s1. The number of esters is 1. The average Bonchev–Trinajstić information content (AvgIpc) is 3.68. The van der Waals surface area contributed by atoms with Crippen LogP contribution in [0.5, 0.6) is 5.75 Å². The molecular weight excluding hydrogens is 429 g/mol. The van der Waals surface area contributed by atoms with Gasteiger partial charge in [0.15, 0.2) is 0 Å². The van der Waals surface area contributed by atoms with Crippen molar-refractivity contribution < 1.29 is 18.7 Å². The zero-order valence-electron chi connectivity index (χ0n) is 19.9. The molecule has 0 N–H and O–H groups in total. The summed E-state index contributed by atoms with van der Waals surface area (Å²) in [5, 5.41) is 0. The summed E-state index contributed by atoms with van der Waals surface area (Å²) in [4.78, 5) is 16.5. The first-order valence-corrected chi connectivity index (χ1v) is 12.0. The summed E-state index contributed by atoms with van der Waals surface area (Å²) < 4.78 is 26.6. The Labute approximate surface area is 200 Å². The molecule has 1 fully saturated rings. The molecule has 1 saturated carbocycles. The lowest BCUT2D eigenvalue weighted by atomic mass is 9.82. The summed E-state index contributed by atoms with van der Waals surface area (Å²) in [5.74, 6) is 0.753. The number of carbonyl (C=O) groups is 1. The number of halogens is 1. The van der Waals surface area contributed by atoms with Gasteiger partial charge in [0.2, 0.25) is 0 Å². The highest BCUT2D eigenvalue weighted by Gasteiger charge is 2.39. The molecule has 0 bridgehead atoms. The highest BCUT2D eigenvalue weighted by atomic mass is 19.1. The summed E-state index contributed by atoms with van der Waals surface area (Å²) >= 11 is 0. The van der Waals surface area contributed by atoms with Gasteiger partial charge in [0, 0.05) is 17.5 Å². The maximum atomic E-state index is 15.2. The van der Waals surface area contributed by atoms with E-state index < -0.39 is 0 Å². The van der Waals surface area contributed by atoms with Crippen molar-refractivity contribution in [3.05, 3.63) is 82.9 Å². The van der Waals surface area contributed by atoms with Crippen LogP contribution >= 0.6 is 0 Å². The predicted octanol–water partition coefficient (Wildman–Crippen LogP) is 6.57. The molecule has 5 heteroatoms. The van der Waals surface area contributed by atoms with Gasteiger partial charge >= 0.3 is 5.97 Å². The molecule has 5 rings (SSSR count). The number of nitrogens with zero attached hydrogens (tertiary/aromatic N) is 1. The van der Waals surface area contributed by atoms with Crippen LogP contribution in [-0.2, 0) is 16.0 Å². The van der Waals surface area contributed by atoms with Crippen molar-refractivity contribution >= 4 is 5.97 Å². The van der Waals surface area contributed by atoms with E-state index in [1.165, 1.54) is 7.11 Å². The van der Waals surface area contributed by atoms with Crippen LogP contribution in [0.2, 0.25) is 0 Å². The van der Waals surface area contributed by atoms with Crippen LogP contribution in [0.3, 0.4) is 0 Å². The fourth-order valence-corrected chi connectivity index (χ4v) is 5.26. The molecule has 4 nitrogen and oxygen atoms in total. The monoisotopic (exact) mass is 459 g/mol. The van der Waals surface area contributed by atoms with E-state index in [1.807, 2.05) is 38.1 Å². The van der Waals surface area contributed by atoms with E-state index in [0.29, 0.717) is 11.5 Å². The van der Waals surface area contributed by atoms with Crippen molar-refractivity contribution in [3.8, 4) is 16.9 Å². The fraction of sp³-hybridized carbons (Fsp3) is 0.379. The second-order valence-corrected chi connectivity index (χ2v) is 9.61. The highest BCUT2D eigenvalue weighted by Crippen LogP contribution is 2.48. The molecule has 0 radical (unpaired) electrons. The van der Waals surface area contributed by atoms with Crippen molar-refractivity contribution in [2.75, 3.05) is 7.11 Å². The molecule has 2 aromatic carbocycles. The topological polar surface area (TPSA) is 48.4 Å². The predicted molar refractivity (Wildman–Crippen MR) is 129 cm³/mol. The summed E-state index contributed by atoms with van der Waals surface area (Å²) in [6.07, 6.45) is 5.20. The van der Waals surface area contributed by atoms with Crippen molar-refractivity contribution in [3.63, 3.8) is 0 Å². The zero-order chi connectivity index (χ0) is 23.8. The van der Waals surface area contributed by atoms with Gasteiger partial charge in [-0.25, -0.2) is 4.39 Å². The van der Waals surface area contributed by atoms with Crippen molar-refractivity contribution in [1.82, 2.24) is 4.98 Å². The minimum atomic E-state index is -0.339. The largest absolute Gasteiger partial charge is 0.485 e. The molecule has 0 saturated heterocycles. The summed E-state index contributed by atoms with van der Waals surface area (Å²) in [6, 6.07) is 15.5. The van der Waals surface area contributed by atoms with Gasteiger partial charge < -0.3 is 9.47 Å². The van der Waals surface area contributed by atoms with Gasteiger partial charge in [-0.15, -0.1) is 0 Å². The van der Waals surface area contributed by atoms with Gasteiger partial charge in [-0.05, 0) is 91.0 Å². The summed E-state index contributed by atoms with van der Waals surface area (Å²) in [6.45, 7) is 3.87. The Kier molecular flexibility index (Phi) is 6.11. The molecule has 34 heavy (non-hydrogen) atoms. The molecule has 2 aliphatic rings. The van der Waals surface area contributed by atoms with Crippen molar-refractivity contribution in [2.45, 2.75) is 51.6 Å². The second-order valence-electron chi connectivity index (χ2n) is 9.61. The number of rotatable bonds is 6. The van der Waals surface area contributed by atoms with Crippen LogP contribution < -0.4 is 4.74 Å². The molecule has 176 valence electrons. The van der Waals surface area contributed by atoms with Crippen molar-refractivity contribution in [2.24, 2.45) is 11.8 Å². The quantitative estimate of drug-likeness (QED) is 0.392. The van der Waals surface area contributed by atoms with Gasteiger partial charge in [-0.1, -0.05) is 31.2 Å². The number of ether oxygens (including phenoxy) is 2. The molecule has 1 aliphatic carbocycles. The van der Waals surface area contributed by atoms with Gasteiger partial charge in [0.25, 0.3) is 0 Å². The molecule has 2 heterocycles. The van der Waals surface area contributed by atoms with E-state index in [2.05, 4.69) is 23.2 Å². The van der Waals surface area contributed by atoms with Gasteiger partial charge in [0.1, 0.15) is 17.7 Å². The van der Waals surface area contributed by atoms with Crippen LogP contribution in [0, 0.1) is 24.6 Å². The number of hydrogen-bond donors (Lipinski definition) is 0. The molecular formula is C29H30FNO3. The van der Waals surface area contributed by atoms with E-state index >= 15 is 4.39 Å². The molecule has 3 atom stereocenters. The first-order chi connectivity index (χ1) is 16.4. The smallest absolute Gasteiger partial charge is 0.309 e. The summed E-state index contributed by atoms with van der Waals surface area (Å²) in [5.41, 5.74) is 5.48. The first kappa shape index (κ1) is 22.6. The second kappa shape index (κ2) is 9.21. The zero-order valence-corrected chi connectivity index (χ0v) is 19.9. The molecule has 0 spiro atoms. The Morgan fingerprint density at radius 1 is 1.09 bits per heavy atom. The minimum absolute atomic E-state index is 0.113. The SMILES string of the molecule is COC(=O)[C@@H](C)[C@H](c1ccc2c(c1)OC(c1ccc(-c3ccnc(C)c3)cc1F)CC2)C1CC1. The number of benzene rings is 2. The number of carbonyl (C=O) groups excluding carboxylic acids is 1. The Bertz CT molecular complexity index is 1220. The van der Waals surface area contributed by atoms with E-state index in [4.69, 9.17) is 9.47 Å². The van der Waals surface area contributed by atoms with Crippen LogP contribution in [-0.4, -0.2) is 18.1 Å². The maximum absolute atomic E-state index is 15.2. The summed E-state index contributed by atoms with van der Waals surface area (Å²) in [7, 11) is 1.44. The number of fused-ring (bicyclic) bond motifs is 1. The van der Waals surface area contributed by atoms with Crippen LogP contribution in [0.1, 0.15) is 60.6 Å². The van der Waals surface area contributed by atoms with E-state index in [-0.39, 0.29) is 29.7 Å². The molecule has 1 unspecified atom stereocenters. The third-order valence-corrected chi connectivity index (χ3v) is 7.24. The van der Waals surface area contributed by atoms with E-state index in [0.717, 1.165) is 59.4 Å². The normalized spacial score (nSPS) is 19.0. The number of pyridine rings is 1. The number of methoxy groups -OCH3 is 1. The van der Waals surface area contributed by atoms with Gasteiger partial charge in [-0.2, -0.15) is 0 Å². The molecule has 3 aromatic rings. The lowest BCUT2D eigenvalue weighted by Crippen LogP contribution is -2.23. The maximum Gasteiger partial charge on any atom is 0.309 e. The molecule has 0 amide bonds. The Hall–Kier alpha value is -3.21. The van der Waals surface area contributed by atoms with Crippen LogP contribution in [0.4, 0.5) is 4.39 Å². The van der Waals surface area contributed by atoms with Crippen molar-refractivity contribution in [1.29, 1.82) is 0 Å².